The van der Waals surface area contributed by atoms with Crippen molar-refractivity contribution in [1.82, 2.24) is 4.90 Å². The molecule has 0 spiro atoms. The van der Waals surface area contributed by atoms with Crippen molar-refractivity contribution in [3.8, 4) is 0 Å². The molecule has 1 aliphatic rings. The SMILES string of the molecule is CCOC(=O)C1CCC(O)(CN(CC)C(C)C)CC1. The Morgan fingerprint density at radius 2 is 1.95 bits per heavy atom. The van der Waals surface area contributed by atoms with Crippen LogP contribution in [0.15, 0.2) is 0 Å². The van der Waals surface area contributed by atoms with Crippen molar-refractivity contribution in [3.63, 3.8) is 0 Å². The highest BCUT2D eigenvalue weighted by atomic mass is 16.5. The van der Waals surface area contributed by atoms with Crippen LogP contribution in [0.3, 0.4) is 0 Å². The minimum atomic E-state index is -0.636. The number of carbonyl (C=O) groups is 1. The standard InChI is InChI=1S/C15H29NO3/c1-5-16(12(3)4)11-15(18)9-7-13(8-10-15)14(17)19-6-2/h12-13,18H,5-11H2,1-4H3. The molecule has 19 heavy (non-hydrogen) atoms. The van der Waals surface area contributed by atoms with Crippen molar-refractivity contribution < 1.29 is 14.6 Å². The second-order valence-electron chi connectivity index (χ2n) is 5.91. The number of carbonyl (C=O) groups excluding carboxylic acids is 1. The average Bonchev–Trinajstić information content (AvgIpc) is 2.37. The van der Waals surface area contributed by atoms with E-state index in [1.54, 1.807) is 0 Å². The number of esters is 1. The smallest absolute Gasteiger partial charge is 0.308 e. The van der Waals surface area contributed by atoms with Gasteiger partial charge in [-0.05, 0) is 53.0 Å². The molecule has 1 fully saturated rings. The van der Waals surface area contributed by atoms with E-state index in [1.165, 1.54) is 0 Å². The number of hydrogen-bond donors (Lipinski definition) is 1. The lowest BCUT2D eigenvalue weighted by atomic mass is 9.78. The molecule has 0 aromatic carbocycles. The second kappa shape index (κ2) is 7.25. The molecule has 1 N–H and O–H groups in total. The first kappa shape index (κ1) is 16.4. The van der Waals surface area contributed by atoms with Gasteiger partial charge in [-0.25, -0.2) is 0 Å². The Labute approximate surface area is 117 Å². The number of rotatable bonds is 6. The molecular formula is C15H29NO3. The first-order valence-electron chi connectivity index (χ1n) is 7.55. The van der Waals surface area contributed by atoms with Crippen molar-refractivity contribution in [3.05, 3.63) is 0 Å². The van der Waals surface area contributed by atoms with Gasteiger partial charge in [0, 0.05) is 12.6 Å². The number of nitrogens with zero attached hydrogens (tertiary/aromatic N) is 1. The Morgan fingerprint density at radius 3 is 2.37 bits per heavy atom. The van der Waals surface area contributed by atoms with Gasteiger partial charge in [0.15, 0.2) is 0 Å². The molecule has 1 saturated carbocycles. The third-order valence-corrected chi connectivity index (χ3v) is 4.17. The van der Waals surface area contributed by atoms with Gasteiger partial charge in [-0.2, -0.15) is 0 Å². The molecule has 0 atom stereocenters. The van der Waals surface area contributed by atoms with E-state index >= 15 is 0 Å². The molecule has 1 rings (SSSR count). The lowest BCUT2D eigenvalue weighted by Gasteiger charge is -2.40. The van der Waals surface area contributed by atoms with E-state index in [-0.39, 0.29) is 11.9 Å². The van der Waals surface area contributed by atoms with E-state index in [0.29, 0.717) is 32.0 Å². The summed E-state index contributed by atoms with van der Waals surface area (Å²) in [6, 6.07) is 0.441. The molecular weight excluding hydrogens is 242 g/mol. The van der Waals surface area contributed by atoms with Crippen molar-refractivity contribution in [2.75, 3.05) is 19.7 Å². The van der Waals surface area contributed by atoms with Crippen LogP contribution >= 0.6 is 0 Å². The molecule has 0 radical (unpaired) electrons. The molecule has 0 bridgehead atoms. The predicted octanol–water partition coefficient (Wildman–Crippen LogP) is 2.20. The maximum atomic E-state index is 11.7. The topological polar surface area (TPSA) is 49.8 Å². The molecule has 0 aromatic rings. The van der Waals surface area contributed by atoms with Crippen LogP contribution in [0.4, 0.5) is 0 Å². The van der Waals surface area contributed by atoms with E-state index in [2.05, 4.69) is 25.7 Å². The second-order valence-corrected chi connectivity index (χ2v) is 5.91. The van der Waals surface area contributed by atoms with Gasteiger partial charge in [-0.3, -0.25) is 9.69 Å². The highest BCUT2D eigenvalue weighted by Gasteiger charge is 2.37. The van der Waals surface area contributed by atoms with Crippen LogP contribution in [0.2, 0.25) is 0 Å². The molecule has 1 aliphatic carbocycles. The summed E-state index contributed by atoms with van der Waals surface area (Å²) in [6.45, 7) is 10.3. The van der Waals surface area contributed by atoms with Crippen LogP contribution in [-0.4, -0.2) is 47.3 Å². The van der Waals surface area contributed by atoms with E-state index in [9.17, 15) is 9.90 Å². The van der Waals surface area contributed by atoms with E-state index < -0.39 is 5.60 Å². The third kappa shape index (κ3) is 4.77. The highest BCUT2D eigenvalue weighted by Crippen LogP contribution is 2.33. The maximum Gasteiger partial charge on any atom is 0.308 e. The number of hydrogen-bond acceptors (Lipinski definition) is 4. The molecule has 0 heterocycles. The van der Waals surface area contributed by atoms with Crippen LogP contribution in [0.1, 0.15) is 53.4 Å². The minimum absolute atomic E-state index is 0.0191. The fourth-order valence-corrected chi connectivity index (χ4v) is 2.85. The molecule has 0 aliphatic heterocycles. The fraction of sp³-hybridized carbons (Fsp3) is 0.933. The summed E-state index contributed by atoms with van der Waals surface area (Å²) in [6.07, 6.45) is 2.87. The molecule has 112 valence electrons. The zero-order valence-electron chi connectivity index (χ0n) is 12.8. The van der Waals surface area contributed by atoms with Crippen molar-refractivity contribution in [2.45, 2.75) is 65.0 Å². The van der Waals surface area contributed by atoms with Crippen molar-refractivity contribution in [1.29, 1.82) is 0 Å². The first-order chi connectivity index (χ1) is 8.91. The molecule has 4 nitrogen and oxygen atoms in total. The van der Waals surface area contributed by atoms with Crippen LogP contribution in [0, 0.1) is 5.92 Å². The molecule has 0 saturated heterocycles. The molecule has 0 aromatic heterocycles. The van der Waals surface area contributed by atoms with Crippen molar-refractivity contribution in [2.24, 2.45) is 5.92 Å². The zero-order valence-corrected chi connectivity index (χ0v) is 12.8. The summed E-state index contributed by atoms with van der Waals surface area (Å²) >= 11 is 0. The summed E-state index contributed by atoms with van der Waals surface area (Å²) in [5.41, 5.74) is -0.636. The van der Waals surface area contributed by atoms with Gasteiger partial charge in [0.05, 0.1) is 18.1 Å². The largest absolute Gasteiger partial charge is 0.466 e. The van der Waals surface area contributed by atoms with Gasteiger partial charge in [0.25, 0.3) is 0 Å². The van der Waals surface area contributed by atoms with E-state index in [1.807, 2.05) is 6.92 Å². The minimum Gasteiger partial charge on any atom is -0.466 e. The average molecular weight is 271 g/mol. The quantitative estimate of drug-likeness (QED) is 0.752. The van der Waals surface area contributed by atoms with E-state index in [0.717, 1.165) is 19.4 Å². The monoisotopic (exact) mass is 271 g/mol. The first-order valence-corrected chi connectivity index (χ1v) is 7.55. The predicted molar refractivity (Wildman–Crippen MR) is 75.9 cm³/mol. The molecule has 0 unspecified atom stereocenters. The summed E-state index contributed by atoms with van der Waals surface area (Å²) in [7, 11) is 0. The van der Waals surface area contributed by atoms with Crippen LogP contribution in [0.25, 0.3) is 0 Å². The van der Waals surface area contributed by atoms with Gasteiger partial charge >= 0.3 is 5.97 Å². The Kier molecular flexibility index (Phi) is 6.27. The van der Waals surface area contributed by atoms with E-state index in [4.69, 9.17) is 4.74 Å². The van der Waals surface area contributed by atoms with Crippen LogP contribution in [0.5, 0.6) is 0 Å². The Morgan fingerprint density at radius 1 is 1.37 bits per heavy atom. The zero-order chi connectivity index (χ0) is 14.5. The Hall–Kier alpha value is -0.610. The maximum absolute atomic E-state index is 11.7. The van der Waals surface area contributed by atoms with Gasteiger partial charge < -0.3 is 9.84 Å². The Balaban J connectivity index is 2.48. The Bertz CT molecular complexity index is 283. The van der Waals surface area contributed by atoms with Crippen LogP contribution < -0.4 is 0 Å². The van der Waals surface area contributed by atoms with Gasteiger partial charge in [-0.15, -0.1) is 0 Å². The lowest BCUT2D eigenvalue weighted by molar-refractivity contribution is -0.151. The normalized spacial score (nSPS) is 27.8. The summed E-state index contributed by atoms with van der Waals surface area (Å²) in [5.74, 6) is -0.116. The van der Waals surface area contributed by atoms with Crippen molar-refractivity contribution >= 4 is 5.97 Å². The molecule has 4 heteroatoms. The number of aliphatic hydroxyl groups is 1. The fourth-order valence-electron chi connectivity index (χ4n) is 2.85. The highest BCUT2D eigenvalue weighted by molar-refractivity contribution is 5.72. The number of likely N-dealkylation sites (N-methyl/N-ethyl adjacent to an activating group) is 1. The molecule has 0 amide bonds. The van der Waals surface area contributed by atoms with Gasteiger partial charge in [0.2, 0.25) is 0 Å². The van der Waals surface area contributed by atoms with Gasteiger partial charge in [-0.1, -0.05) is 6.92 Å². The summed E-state index contributed by atoms with van der Waals surface area (Å²) in [4.78, 5) is 14.0. The third-order valence-electron chi connectivity index (χ3n) is 4.17. The van der Waals surface area contributed by atoms with Crippen LogP contribution in [-0.2, 0) is 9.53 Å². The lowest BCUT2D eigenvalue weighted by Crippen LogP contribution is -2.48. The number of ether oxygens (including phenoxy) is 1. The summed E-state index contributed by atoms with van der Waals surface area (Å²) < 4.78 is 5.06. The van der Waals surface area contributed by atoms with Gasteiger partial charge in [0.1, 0.15) is 0 Å². The summed E-state index contributed by atoms with van der Waals surface area (Å²) in [5, 5.41) is 10.7.